The molecule has 3 rings (SSSR count). The van der Waals surface area contributed by atoms with Crippen LogP contribution in [0.15, 0.2) is 24.3 Å². The van der Waals surface area contributed by atoms with Crippen molar-refractivity contribution in [2.75, 3.05) is 19.7 Å². The topological polar surface area (TPSA) is 32.7 Å². The lowest BCUT2D eigenvalue weighted by Crippen LogP contribution is -2.46. The van der Waals surface area contributed by atoms with Gasteiger partial charge in [-0.15, -0.1) is 0 Å². The average Bonchev–Trinajstić information content (AvgIpc) is 2.38. The van der Waals surface area contributed by atoms with Crippen LogP contribution in [-0.2, 0) is 0 Å². The Bertz CT molecular complexity index is 421. The third kappa shape index (κ3) is 2.13. The fourth-order valence-corrected chi connectivity index (χ4v) is 3.25. The molecule has 0 radical (unpaired) electrons. The Labute approximate surface area is 108 Å². The Morgan fingerprint density at radius 2 is 2.17 bits per heavy atom. The van der Waals surface area contributed by atoms with E-state index >= 15 is 0 Å². The number of fused-ring (bicyclic) bond motifs is 1. The first-order valence-electron chi connectivity index (χ1n) is 6.89. The molecule has 2 aliphatic rings. The fourth-order valence-electron chi connectivity index (χ4n) is 3.25. The molecule has 18 heavy (non-hydrogen) atoms. The van der Waals surface area contributed by atoms with Crippen LogP contribution in [0.4, 0.5) is 0 Å². The summed E-state index contributed by atoms with van der Waals surface area (Å²) in [6.07, 6.45) is 2.12. The molecule has 1 fully saturated rings. The molecule has 1 aromatic rings. The zero-order valence-electron chi connectivity index (χ0n) is 10.9. The Morgan fingerprint density at radius 3 is 3.00 bits per heavy atom. The molecule has 3 atom stereocenters. The van der Waals surface area contributed by atoms with Crippen molar-refractivity contribution in [3.63, 3.8) is 0 Å². The van der Waals surface area contributed by atoms with Crippen LogP contribution in [0.3, 0.4) is 0 Å². The van der Waals surface area contributed by atoms with E-state index in [0.717, 1.165) is 30.3 Å². The van der Waals surface area contributed by atoms with Crippen LogP contribution in [0.2, 0.25) is 0 Å². The smallest absolute Gasteiger partial charge is 0.124 e. The van der Waals surface area contributed by atoms with Crippen LogP contribution < -0.4 is 4.74 Å². The molecule has 0 saturated carbocycles. The first-order chi connectivity index (χ1) is 8.75. The molecule has 2 heterocycles. The van der Waals surface area contributed by atoms with E-state index in [1.165, 1.54) is 12.8 Å². The quantitative estimate of drug-likeness (QED) is 0.826. The Morgan fingerprint density at radius 1 is 1.33 bits per heavy atom. The minimum absolute atomic E-state index is 0.109. The maximum absolute atomic E-state index is 10.3. The summed E-state index contributed by atoms with van der Waals surface area (Å²) in [6.45, 7) is 4.87. The number of para-hydroxylation sites is 1. The van der Waals surface area contributed by atoms with Gasteiger partial charge in [-0.2, -0.15) is 0 Å². The van der Waals surface area contributed by atoms with Crippen molar-refractivity contribution in [1.82, 2.24) is 4.90 Å². The standard InChI is InChI=1S/C15H21NO2/c1-11-5-4-8-16(9-11)15-12-6-2-3-7-14(12)18-10-13(15)17/h2-3,6-7,11,13,15,17H,4-5,8-10H2,1H3. The number of likely N-dealkylation sites (tertiary alicyclic amines) is 1. The minimum atomic E-state index is -0.412. The number of hydrogen-bond donors (Lipinski definition) is 1. The molecule has 0 aromatic heterocycles. The van der Waals surface area contributed by atoms with Gasteiger partial charge in [-0.3, -0.25) is 4.90 Å². The highest BCUT2D eigenvalue weighted by atomic mass is 16.5. The maximum atomic E-state index is 10.3. The molecular weight excluding hydrogens is 226 g/mol. The van der Waals surface area contributed by atoms with Gasteiger partial charge < -0.3 is 9.84 Å². The van der Waals surface area contributed by atoms with E-state index in [0.29, 0.717) is 6.61 Å². The summed E-state index contributed by atoms with van der Waals surface area (Å²) in [4.78, 5) is 2.43. The van der Waals surface area contributed by atoms with Crippen LogP contribution >= 0.6 is 0 Å². The second-order valence-corrected chi connectivity index (χ2v) is 5.60. The molecule has 1 saturated heterocycles. The van der Waals surface area contributed by atoms with Crippen LogP contribution in [0.25, 0.3) is 0 Å². The third-order valence-electron chi connectivity index (χ3n) is 4.09. The number of rotatable bonds is 1. The van der Waals surface area contributed by atoms with Gasteiger partial charge in [-0.25, -0.2) is 0 Å². The number of nitrogens with zero attached hydrogens (tertiary/aromatic N) is 1. The Balaban J connectivity index is 1.90. The zero-order chi connectivity index (χ0) is 12.5. The third-order valence-corrected chi connectivity index (χ3v) is 4.09. The molecule has 2 aliphatic heterocycles. The fraction of sp³-hybridized carbons (Fsp3) is 0.600. The lowest BCUT2D eigenvalue weighted by atomic mass is 9.92. The summed E-state index contributed by atoms with van der Waals surface area (Å²) in [5.74, 6) is 1.66. The number of hydrogen-bond acceptors (Lipinski definition) is 3. The van der Waals surface area contributed by atoms with Gasteiger partial charge in [0.2, 0.25) is 0 Å². The molecule has 1 aromatic carbocycles. The Hall–Kier alpha value is -1.06. The first-order valence-corrected chi connectivity index (χ1v) is 6.89. The van der Waals surface area contributed by atoms with Gasteiger partial charge in [0.05, 0.1) is 6.04 Å². The molecule has 3 unspecified atom stereocenters. The van der Waals surface area contributed by atoms with Gasteiger partial charge in [-0.1, -0.05) is 25.1 Å². The largest absolute Gasteiger partial charge is 0.490 e. The van der Waals surface area contributed by atoms with Crippen molar-refractivity contribution >= 4 is 0 Å². The molecule has 0 spiro atoms. The average molecular weight is 247 g/mol. The predicted octanol–water partition coefficient (Wildman–Crippen LogP) is 2.21. The summed E-state index contributed by atoms with van der Waals surface area (Å²) in [7, 11) is 0. The molecule has 1 N–H and O–H groups in total. The predicted molar refractivity (Wildman–Crippen MR) is 70.7 cm³/mol. The minimum Gasteiger partial charge on any atom is -0.490 e. The van der Waals surface area contributed by atoms with Crippen molar-refractivity contribution in [1.29, 1.82) is 0 Å². The van der Waals surface area contributed by atoms with E-state index in [9.17, 15) is 5.11 Å². The van der Waals surface area contributed by atoms with Crippen LogP contribution in [0.1, 0.15) is 31.4 Å². The van der Waals surface area contributed by atoms with E-state index in [1.54, 1.807) is 0 Å². The molecule has 98 valence electrons. The molecule has 3 heteroatoms. The van der Waals surface area contributed by atoms with Crippen molar-refractivity contribution in [3.8, 4) is 5.75 Å². The van der Waals surface area contributed by atoms with E-state index in [4.69, 9.17) is 4.74 Å². The molecule has 0 bridgehead atoms. The number of aliphatic hydroxyl groups is 1. The molecule has 3 nitrogen and oxygen atoms in total. The van der Waals surface area contributed by atoms with Crippen molar-refractivity contribution < 1.29 is 9.84 Å². The second kappa shape index (κ2) is 4.90. The number of ether oxygens (including phenoxy) is 1. The number of benzene rings is 1. The van der Waals surface area contributed by atoms with Crippen LogP contribution in [0, 0.1) is 5.92 Å². The van der Waals surface area contributed by atoms with Gasteiger partial charge in [0.1, 0.15) is 18.5 Å². The zero-order valence-corrected chi connectivity index (χ0v) is 10.9. The second-order valence-electron chi connectivity index (χ2n) is 5.60. The highest BCUT2D eigenvalue weighted by molar-refractivity contribution is 5.38. The first kappa shape index (κ1) is 12.0. The normalized spacial score (nSPS) is 32.7. The summed E-state index contributed by atoms with van der Waals surface area (Å²) < 4.78 is 5.61. The summed E-state index contributed by atoms with van der Waals surface area (Å²) in [6, 6.07) is 8.22. The van der Waals surface area contributed by atoms with Crippen molar-refractivity contribution in [3.05, 3.63) is 29.8 Å². The molecule has 0 aliphatic carbocycles. The summed E-state index contributed by atoms with van der Waals surface area (Å²) in [5, 5.41) is 10.3. The van der Waals surface area contributed by atoms with E-state index in [-0.39, 0.29) is 6.04 Å². The lowest BCUT2D eigenvalue weighted by molar-refractivity contribution is -0.0140. The van der Waals surface area contributed by atoms with Crippen molar-refractivity contribution in [2.45, 2.75) is 31.9 Å². The van der Waals surface area contributed by atoms with Crippen LogP contribution in [-0.4, -0.2) is 35.8 Å². The van der Waals surface area contributed by atoms with E-state index in [2.05, 4.69) is 17.9 Å². The van der Waals surface area contributed by atoms with Crippen LogP contribution in [0.5, 0.6) is 5.75 Å². The summed E-state index contributed by atoms with van der Waals surface area (Å²) in [5.41, 5.74) is 1.14. The lowest BCUT2D eigenvalue weighted by Gasteiger charge is -2.42. The highest BCUT2D eigenvalue weighted by Gasteiger charge is 2.35. The maximum Gasteiger partial charge on any atom is 0.124 e. The van der Waals surface area contributed by atoms with Gasteiger partial charge in [-0.05, 0) is 31.4 Å². The Kier molecular flexibility index (Phi) is 3.27. The molecular formula is C15H21NO2. The van der Waals surface area contributed by atoms with E-state index in [1.807, 2.05) is 18.2 Å². The van der Waals surface area contributed by atoms with Gasteiger partial charge in [0.25, 0.3) is 0 Å². The van der Waals surface area contributed by atoms with Crippen molar-refractivity contribution in [2.24, 2.45) is 5.92 Å². The summed E-state index contributed by atoms with van der Waals surface area (Å²) >= 11 is 0. The monoisotopic (exact) mass is 247 g/mol. The van der Waals surface area contributed by atoms with Gasteiger partial charge >= 0.3 is 0 Å². The number of piperidine rings is 1. The highest BCUT2D eigenvalue weighted by Crippen LogP contribution is 2.37. The van der Waals surface area contributed by atoms with Gasteiger partial charge in [0.15, 0.2) is 0 Å². The van der Waals surface area contributed by atoms with Gasteiger partial charge in [0, 0.05) is 12.1 Å². The van der Waals surface area contributed by atoms with E-state index < -0.39 is 6.10 Å². The SMILES string of the molecule is CC1CCCN(C2c3ccccc3OCC2O)C1. The number of aliphatic hydroxyl groups excluding tert-OH is 1. The molecule has 0 amide bonds.